The normalized spacial score (nSPS) is 13.0. The van der Waals surface area contributed by atoms with Crippen LogP contribution in [0.4, 0.5) is 8.78 Å². The summed E-state index contributed by atoms with van der Waals surface area (Å²) in [5.74, 6) is 1.39. The Labute approximate surface area is 212 Å². The summed E-state index contributed by atoms with van der Waals surface area (Å²) < 4.78 is 33.5. The Morgan fingerprint density at radius 3 is 1.91 bits per heavy atom. The van der Waals surface area contributed by atoms with Crippen molar-refractivity contribution in [1.82, 2.24) is 9.97 Å². The van der Waals surface area contributed by atoms with Gasteiger partial charge in [-0.05, 0) is 61.9 Å². The molecule has 0 aliphatic heterocycles. The maximum Gasteiger partial charge on any atom is 0.159 e. The summed E-state index contributed by atoms with van der Waals surface area (Å²) in [5.41, 5.74) is 2.11. The van der Waals surface area contributed by atoms with Crippen LogP contribution in [0.25, 0.3) is 11.4 Å². The number of rotatable bonds is 20. The molecule has 2 aromatic rings. The molecule has 1 aromatic carbocycles. The molecule has 35 heavy (non-hydrogen) atoms. The van der Waals surface area contributed by atoms with Gasteiger partial charge < -0.3 is 4.74 Å². The molecule has 2 atom stereocenters. The summed E-state index contributed by atoms with van der Waals surface area (Å²) in [6, 6.07) is 7.59. The van der Waals surface area contributed by atoms with E-state index in [1.807, 2.05) is 36.7 Å². The molecule has 0 N–H and O–H groups in total. The van der Waals surface area contributed by atoms with E-state index in [2.05, 4.69) is 23.8 Å². The van der Waals surface area contributed by atoms with Gasteiger partial charge in [0, 0.05) is 24.4 Å². The minimum absolute atomic E-state index is 0.266. The molecule has 0 aliphatic carbocycles. The van der Waals surface area contributed by atoms with Crippen molar-refractivity contribution in [2.75, 3.05) is 6.61 Å². The molecule has 1 aromatic heterocycles. The number of benzene rings is 1. The lowest BCUT2D eigenvalue weighted by Gasteiger charge is -2.12. The van der Waals surface area contributed by atoms with E-state index in [1.54, 1.807) is 0 Å². The highest BCUT2D eigenvalue weighted by Gasteiger charge is 2.12. The van der Waals surface area contributed by atoms with Gasteiger partial charge >= 0.3 is 0 Å². The molecule has 0 amide bonds. The molecular weight excluding hydrogens is 442 g/mol. The highest BCUT2D eigenvalue weighted by atomic mass is 19.1. The maximum atomic E-state index is 14.1. The average molecular weight is 489 g/mol. The zero-order valence-electron chi connectivity index (χ0n) is 22.0. The molecule has 5 heteroatoms. The maximum absolute atomic E-state index is 14.1. The van der Waals surface area contributed by atoms with Crippen molar-refractivity contribution in [3.8, 4) is 17.1 Å². The molecule has 2 rings (SSSR count). The van der Waals surface area contributed by atoms with E-state index in [0.717, 1.165) is 31.2 Å². The number of hydrogen-bond donors (Lipinski definition) is 0. The van der Waals surface area contributed by atoms with Crippen LogP contribution in [0.1, 0.15) is 109 Å². The minimum atomic E-state index is -1.02. The van der Waals surface area contributed by atoms with Crippen molar-refractivity contribution in [2.24, 2.45) is 0 Å². The third-order valence-corrected chi connectivity index (χ3v) is 6.50. The van der Waals surface area contributed by atoms with E-state index < -0.39 is 12.3 Å². The number of aryl methyl sites for hydroxylation is 1. The van der Waals surface area contributed by atoms with Crippen LogP contribution < -0.4 is 4.74 Å². The van der Waals surface area contributed by atoms with Gasteiger partial charge in [-0.25, -0.2) is 18.7 Å². The van der Waals surface area contributed by atoms with Gasteiger partial charge in [0.05, 0.1) is 6.61 Å². The number of nitrogens with zero attached hydrogens (tertiary/aromatic N) is 2. The fraction of sp³-hybridized carbons (Fsp3) is 0.667. The lowest BCUT2D eigenvalue weighted by Crippen LogP contribution is -2.10. The summed E-state index contributed by atoms with van der Waals surface area (Å²) in [6.07, 6.45) is 16.5. The van der Waals surface area contributed by atoms with Gasteiger partial charge in [-0.15, -0.1) is 0 Å². The van der Waals surface area contributed by atoms with Crippen LogP contribution in [0.3, 0.4) is 0 Å². The van der Waals surface area contributed by atoms with Crippen molar-refractivity contribution in [3.63, 3.8) is 0 Å². The lowest BCUT2D eigenvalue weighted by atomic mass is 10.0. The van der Waals surface area contributed by atoms with Gasteiger partial charge in [0.1, 0.15) is 18.1 Å². The first-order chi connectivity index (χ1) is 17.1. The standard InChI is InChI=1S/C30H46F2N2O/c1-3-5-7-8-9-10-12-13-25-23-33-30(34-24-25)26-15-19-29(20-16-26)35-22-21-28(32)18-17-27(31)14-11-6-4-2/h15-16,19-20,23-24,27-28H,3-14,17-18,21-22H2,1-2H3. The smallest absolute Gasteiger partial charge is 0.159 e. The summed E-state index contributed by atoms with van der Waals surface area (Å²) in [6.45, 7) is 4.64. The molecule has 0 bridgehead atoms. The van der Waals surface area contributed by atoms with Gasteiger partial charge in [-0.3, -0.25) is 0 Å². The van der Waals surface area contributed by atoms with Gasteiger partial charge in [0.25, 0.3) is 0 Å². The summed E-state index contributed by atoms with van der Waals surface area (Å²) >= 11 is 0. The highest BCUT2D eigenvalue weighted by molar-refractivity contribution is 5.55. The number of halogens is 2. The third-order valence-electron chi connectivity index (χ3n) is 6.50. The van der Waals surface area contributed by atoms with Crippen LogP contribution >= 0.6 is 0 Å². The van der Waals surface area contributed by atoms with Crippen LogP contribution in [-0.4, -0.2) is 28.9 Å². The van der Waals surface area contributed by atoms with Gasteiger partial charge in [0.2, 0.25) is 0 Å². The molecule has 0 fully saturated rings. The molecule has 0 saturated carbocycles. The Hall–Kier alpha value is -2.04. The third kappa shape index (κ3) is 13.0. The number of hydrogen-bond acceptors (Lipinski definition) is 3. The number of aromatic nitrogens is 2. The summed E-state index contributed by atoms with van der Waals surface area (Å²) in [5, 5.41) is 0. The van der Waals surface area contributed by atoms with Crippen molar-refractivity contribution >= 4 is 0 Å². The zero-order chi connectivity index (χ0) is 25.1. The Kier molecular flexibility index (Phi) is 15.2. The average Bonchev–Trinajstić information content (AvgIpc) is 2.88. The van der Waals surface area contributed by atoms with Crippen LogP contribution in [0.2, 0.25) is 0 Å². The second-order valence-electron chi connectivity index (χ2n) is 9.72. The number of alkyl halides is 2. The van der Waals surface area contributed by atoms with Gasteiger partial charge in [-0.2, -0.15) is 0 Å². The van der Waals surface area contributed by atoms with Crippen molar-refractivity contribution < 1.29 is 13.5 Å². The summed E-state index contributed by atoms with van der Waals surface area (Å²) in [7, 11) is 0. The predicted molar refractivity (Wildman–Crippen MR) is 142 cm³/mol. The van der Waals surface area contributed by atoms with Crippen molar-refractivity contribution in [3.05, 3.63) is 42.2 Å². The van der Waals surface area contributed by atoms with Gasteiger partial charge in [-0.1, -0.05) is 71.6 Å². The quantitative estimate of drug-likeness (QED) is 0.174. The van der Waals surface area contributed by atoms with E-state index in [-0.39, 0.29) is 19.4 Å². The zero-order valence-corrected chi connectivity index (χ0v) is 22.0. The summed E-state index contributed by atoms with van der Waals surface area (Å²) in [4.78, 5) is 9.06. The van der Waals surface area contributed by atoms with E-state index in [9.17, 15) is 8.78 Å². The molecule has 2 unspecified atom stereocenters. The highest BCUT2D eigenvalue weighted by Crippen LogP contribution is 2.21. The van der Waals surface area contributed by atoms with Crippen LogP contribution in [0, 0.1) is 0 Å². The van der Waals surface area contributed by atoms with E-state index in [0.29, 0.717) is 24.4 Å². The molecule has 196 valence electrons. The first-order valence-electron chi connectivity index (χ1n) is 13.9. The molecule has 1 heterocycles. The Morgan fingerprint density at radius 1 is 0.686 bits per heavy atom. The van der Waals surface area contributed by atoms with Crippen molar-refractivity contribution in [1.29, 1.82) is 0 Å². The second-order valence-corrected chi connectivity index (χ2v) is 9.72. The number of unbranched alkanes of at least 4 members (excludes halogenated alkanes) is 8. The van der Waals surface area contributed by atoms with Crippen molar-refractivity contribution in [2.45, 2.75) is 123 Å². The Morgan fingerprint density at radius 2 is 1.26 bits per heavy atom. The van der Waals surface area contributed by atoms with Crippen LogP contribution in [0.5, 0.6) is 5.75 Å². The topological polar surface area (TPSA) is 35.0 Å². The van der Waals surface area contributed by atoms with Gasteiger partial charge in [0.15, 0.2) is 5.82 Å². The SMILES string of the molecule is CCCCCCCCCc1cnc(-c2ccc(OCCC(F)CCC(F)CCCCC)cc2)nc1. The van der Waals surface area contributed by atoms with Crippen LogP contribution in [-0.2, 0) is 6.42 Å². The molecule has 0 aliphatic rings. The Bertz CT molecular complexity index is 767. The second kappa shape index (κ2) is 18.3. The van der Waals surface area contributed by atoms with E-state index in [1.165, 1.54) is 50.5 Å². The lowest BCUT2D eigenvalue weighted by molar-refractivity contribution is 0.199. The largest absolute Gasteiger partial charge is 0.493 e. The van der Waals surface area contributed by atoms with Crippen LogP contribution in [0.15, 0.2) is 36.7 Å². The monoisotopic (exact) mass is 488 g/mol. The van der Waals surface area contributed by atoms with E-state index in [4.69, 9.17) is 4.74 Å². The Balaban J connectivity index is 1.64. The first-order valence-corrected chi connectivity index (χ1v) is 13.9. The molecule has 0 saturated heterocycles. The molecule has 3 nitrogen and oxygen atoms in total. The fourth-order valence-electron chi connectivity index (χ4n) is 4.19. The predicted octanol–water partition coefficient (Wildman–Crippen LogP) is 9.24. The molecular formula is C30H46F2N2O. The molecule has 0 radical (unpaired) electrons. The minimum Gasteiger partial charge on any atom is -0.493 e. The van der Waals surface area contributed by atoms with E-state index >= 15 is 0 Å². The number of ether oxygens (including phenoxy) is 1. The fourth-order valence-corrected chi connectivity index (χ4v) is 4.19. The molecule has 0 spiro atoms. The first kappa shape index (κ1) is 29.2.